The predicted molar refractivity (Wildman–Crippen MR) is 96.5 cm³/mol. The highest BCUT2D eigenvalue weighted by molar-refractivity contribution is 6.34. The highest BCUT2D eigenvalue weighted by Gasteiger charge is 2.51. The third kappa shape index (κ3) is 5.30. The Hall–Kier alpha value is -1.42. The number of aliphatic carboxylic acids is 1. The van der Waals surface area contributed by atoms with Crippen LogP contribution in [0.3, 0.4) is 0 Å². The molecule has 0 amide bonds. The number of carbonyl (C=O) groups is 1. The topological polar surface area (TPSA) is 70.4 Å². The van der Waals surface area contributed by atoms with E-state index in [1.807, 2.05) is 6.08 Å². The first kappa shape index (κ1) is 18.9. The molecular formula is C20H31NO3. The Kier molecular flexibility index (Phi) is 7.70. The quantitative estimate of drug-likeness (QED) is 0.308. The molecule has 3 aliphatic rings. The zero-order valence-corrected chi connectivity index (χ0v) is 14.7. The second-order valence-electron chi connectivity index (χ2n) is 7.00. The van der Waals surface area contributed by atoms with Crippen molar-refractivity contribution in [2.45, 2.75) is 76.9 Å². The van der Waals surface area contributed by atoms with Gasteiger partial charge in [0.15, 0.2) is 0 Å². The average molecular weight is 333 g/mol. The fourth-order valence-corrected chi connectivity index (χ4v) is 3.71. The third-order valence-corrected chi connectivity index (χ3v) is 5.19. The summed E-state index contributed by atoms with van der Waals surface area (Å²) in [4.78, 5) is 10.6. The van der Waals surface area contributed by atoms with Crippen LogP contribution in [-0.4, -0.2) is 29.0 Å². The molecule has 134 valence electrons. The van der Waals surface area contributed by atoms with Crippen LogP contribution in [0.4, 0.5) is 0 Å². The van der Waals surface area contributed by atoms with Gasteiger partial charge in [-0.2, -0.15) is 0 Å². The van der Waals surface area contributed by atoms with Gasteiger partial charge in [-0.05, 0) is 38.0 Å². The standard InChI is InChI=1S/C20H31NO3/c1-2-3-4-5-6-8-11-15-16(19-14-18(15)24-19)12-9-7-10-13-17(21)20(22)23/h7-9,11,15-16,18-19,21H,2-6,10,12-14H2,1H3,(H,22,23)/t15-,16-,18?,19?/m1/s1. The predicted octanol–water partition coefficient (Wildman–Crippen LogP) is 4.75. The second-order valence-corrected chi connectivity index (χ2v) is 7.00. The molecule has 2 bridgehead atoms. The number of hydrogen-bond donors (Lipinski definition) is 2. The van der Waals surface area contributed by atoms with Crippen molar-refractivity contribution >= 4 is 11.7 Å². The average Bonchev–Trinajstić information content (AvgIpc) is 3.02. The summed E-state index contributed by atoms with van der Waals surface area (Å²) in [7, 11) is 0. The molecule has 0 radical (unpaired) electrons. The summed E-state index contributed by atoms with van der Waals surface area (Å²) >= 11 is 0. The van der Waals surface area contributed by atoms with E-state index < -0.39 is 5.97 Å². The molecule has 2 heterocycles. The van der Waals surface area contributed by atoms with Gasteiger partial charge >= 0.3 is 5.97 Å². The lowest BCUT2D eigenvalue weighted by Gasteiger charge is -2.25. The molecule has 2 N–H and O–H groups in total. The molecule has 4 nitrogen and oxygen atoms in total. The molecule has 3 rings (SSSR count). The molecule has 2 unspecified atom stereocenters. The molecule has 1 aliphatic carbocycles. The Morgan fingerprint density at radius 1 is 1.17 bits per heavy atom. The van der Waals surface area contributed by atoms with E-state index in [-0.39, 0.29) is 5.71 Å². The van der Waals surface area contributed by atoms with E-state index in [2.05, 4.69) is 25.2 Å². The molecule has 0 aromatic rings. The number of nitrogens with one attached hydrogen (secondary N) is 1. The van der Waals surface area contributed by atoms with Crippen molar-refractivity contribution in [2.75, 3.05) is 0 Å². The lowest BCUT2D eigenvalue weighted by atomic mass is 9.92. The zero-order valence-electron chi connectivity index (χ0n) is 14.7. The Morgan fingerprint density at radius 3 is 2.67 bits per heavy atom. The van der Waals surface area contributed by atoms with E-state index in [4.69, 9.17) is 15.3 Å². The number of allylic oxidation sites excluding steroid dienone is 3. The smallest absolute Gasteiger partial charge is 0.349 e. The summed E-state index contributed by atoms with van der Waals surface area (Å²) in [5.41, 5.74) is -0.213. The molecule has 0 aromatic carbocycles. The maximum Gasteiger partial charge on any atom is 0.349 e. The highest BCUT2D eigenvalue weighted by atomic mass is 16.5. The number of carboxylic acids is 1. The normalized spacial score (nSPS) is 28.5. The molecule has 2 saturated heterocycles. The van der Waals surface area contributed by atoms with E-state index in [0.717, 1.165) is 6.42 Å². The van der Waals surface area contributed by atoms with E-state index in [9.17, 15) is 4.79 Å². The number of rotatable bonds is 12. The van der Waals surface area contributed by atoms with Crippen LogP contribution >= 0.6 is 0 Å². The molecule has 24 heavy (non-hydrogen) atoms. The highest BCUT2D eigenvalue weighted by Crippen LogP contribution is 2.48. The van der Waals surface area contributed by atoms with Gasteiger partial charge in [-0.15, -0.1) is 0 Å². The summed E-state index contributed by atoms with van der Waals surface area (Å²) in [6.07, 6.45) is 19.2. The van der Waals surface area contributed by atoms with Crippen molar-refractivity contribution < 1.29 is 14.6 Å². The lowest BCUT2D eigenvalue weighted by Crippen LogP contribution is -2.29. The second kappa shape index (κ2) is 9.77. The van der Waals surface area contributed by atoms with Crippen molar-refractivity contribution in [3.8, 4) is 0 Å². The van der Waals surface area contributed by atoms with Gasteiger partial charge in [0, 0.05) is 12.3 Å². The van der Waals surface area contributed by atoms with Crippen LogP contribution in [-0.2, 0) is 9.53 Å². The summed E-state index contributed by atoms with van der Waals surface area (Å²) < 4.78 is 5.90. The summed E-state index contributed by atoms with van der Waals surface area (Å²) in [6.45, 7) is 2.24. The van der Waals surface area contributed by atoms with Crippen LogP contribution in [0, 0.1) is 17.2 Å². The van der Waals surface area contributed by atoms with E-state index >= 15 is 0 Å². The van der Waals surface area contributed by atoms with Crippen molar-refractivity contribution in [1.29, 1.82) is 5.41 Å². The number of hydrogen-bond acceptors (Lipinski definition) is 3. The molecule has 4 atom stereocenters. The molecule has 3 fully saturated rings. The Labute approximate surface area is 145 Å². The minimum absolute atomic E-state index is 0.213. The zero-order chi connectivity index (χ0) is 17.4. The Morgan fingerprint density at radius 2 is 1.96 bits per heavy atom. The van der Waals surface area contributed by atoms with Gasteiger partial charge in [-0.25, -0.2) is 4.79 Å². The molecule has 0 aromatic heterocycles. The van der Waals surface area contributed by atoms with Crippen LogP contribution in [0.2, 0.25) is 0 Å². The maximum atomic E-state index is 10.6. The first-order valence-electron chi connectivity index (χ1n) is 9.41. The van der Waals surface area contributed by atoms with Gasteiger partial charge in [0.1, 0.15) is 5.71 Å². The Bertz CT molecular complexity index is 477. The summed E-state index contributed by atoms with van der Waals surface area (Å²) in [6, 6.07) is 0. The number of unbranched alkanes of at least 4 members (excludes halogenated alkanes) is 4. The van der Waals surface area contributed by atoms with Gasteiger partial charge in [0.25, 0.3) is 0 Å². The van der Waals surface area contributed by atoms with E-state index in [1.165, 1.54) is 38.5 Å². The Balaban J connectivity index is 1.68. The SMILES string of the molecule is CCCCCCC=C[C@H]1C2CC(O2)[C@@H]1CC=CCCC(=N)C(=O)O. The number of carboxylic acid groups (broad SMARTS) is 1. The molecular weight excluding hydrogens is 302 g/mol. The van der Waals surface area contributed by atoms with E-state index in [0.29, 0.717) is 36.9 Å². The van der Waals surface area contributed by atoms with Crippen LogP contribution in [0.5, 0.6) is 0 Å². The first-order chi connectivity index (χ1) is 11.6. The largest absolute Gasteiger partial charge is 0.477 e. The third-order valence-electron chi connectivity index (χ3n) is 5.19. The number of fused-ring (bicyclic) bond motifs is 1. The van der Waals surface area contributed by atoms with Crippen molar-refractivity contribution in [3.05, 3.63) is 24.3 Å². The van der Waals surface area contributed by atoms with Crippen LogP contribution < -0.4 is 0 Å². The van der Waals surface area contributed by atoms with E-state index in [1.54, 1.807) is 0 Å². The fourth-order valence-electron chi connectivity index (χ4n) is 3.71. The van der Waals surface area contributed by atoms with Crippen molar-refractivity contribution in [1.82, 2.24) is 0 Å². The molecule has 2 aliphatic heterocycles. The maximum absolute atomic E-state index is 10.6. The van der Waals surface area contributed by atoms with Gasteiger partial charge in [-0.3, -0.25) is 5.41 Å². The van der Waals surface area contributed by atoms with Gasteiger partial charge < -0.3 is 9.84 Å². The monoisotopic (exact) mass is 333 g/mol. The summed E-state index contributed by atoms with van der Waals surface area (Å²) in [5, 5.41) is 16.0. The van der Waals surface area contributed by atoms with Gasteiger partial charge in [-0.1, -0.05) is 50.5 Å². The summed E-state index contributed by atoms with van der Waals surface area (Å²) in [5.74, 6) is -0.00207. The molecule has 1 saturated carbocycles. The molecule has 0 spiro atoms. The first-order valence-corrected chi connectivity index (χ1v) is 9.41. The minimum atomic E-state index is -1.11. The van der Waals surface area contributed by atoms with Crippen LogP contribution in [0.1, 0.15) is 64.7 Å². The van der Waals surface area contributed by atoms with Crippen molar-refractivity contribution in [3.63, 3.8) is 0 Å². The van der Waals surface area contributed by atoms with Crippen molar-refractivity contribution in [2.24, 2.45) is 11.8 Å². The van der Waals surface area contributed by atoms with Gasteiger partial charge in [0.2, 0.25) is 0 Å². The van der Waals surface area contributed by atoms with Crippen LogP contribution in [0.15, 0.2) is 24.3 Å². The molecule has 4 heteroatoms. The minimum Gasteiger partial charge on any atom is -0.477 e. The van der Waals surface area contributed by atoms with Crippen LogP contribution in [0.25, 0.3) is 0 Å². The van der Waals surface area contributed by atoms with Gasteiger partial charge in [0.05, 0.1) is 12.2 Å². The lowest BCUT2D eigenvalue weighted by molar-refractivity contribution is -0.129. The number of ether oxygens (including phenoxy) is 1. The fraction of sp³-hybridized carbons (Fsp3) is 0.700.